The Morgan fingerprint density at radius 1 is 1.28 bits per heavy atom. The summed E-state index contributed by atoms with van der Waals surface area (Å²) in [5.74, 6) is -0.429. The number of ether oxygens (including phenoxy) is 2. The molecule has 3 aromatic rings. The van der Waals surface area contributed by atoms with Gasteiger partial charge in [0.25, 0.3) is 0 Å². The maximum Gasteiger partial charge on any atom is 0.459 e. The van der Waals surface area contributed by atoms with Gasteiger partial charge in [0.1, 0.15) is 34.4 Å². The minimum absolute atomic E-state index is 0.0705. The molecule has 4 rings (SSSR count). The van der Waals surface area contributed by atoms with Gasteiger partial charge in [-0.2, -0.15) is 15.1 Å². The number of alkyl halides is 1. The van der Waals surface area contributed by atoms with Crippen LogP contribution >= 0.6 is 19.3 Å². The average molecular weight is 584 g/mol. The number of halogens is 1. The molecule has 0 aliphatic carbocycles. The second-order valence-electron chi connectivity index (χ2n) is 9.45. The molecule has 0 spiro atoms. The first-order chi connectivity index (χ1) is 18.3. The number of imidazole rings is 1. The van der Waals surface area contributed by atoms with E-state index < -0.39 is 49.7 Å². The number of anilines is 2. The normalized spacial score (nSPS) is 25.5. The van der Waals surface area contributed by atoms with Crippen molar-refractivity contribution < 1.29 is 33.0 Å². The molecule has 2 aromatic heterocycles. The van der Waals surface area contributed by atoms with Crippen molar-refractivity contribution in [1.82, 2.24) is 24.6 Å². The lowest BCUT2D eigenvalue weighted by Crippen LogP contribution is -2.40. The molecule has 1 aromatic carbocycles. The first kappa shape index (κ1) is 29.0. The van der Waals surface area contributed by atoms with Crippen LogP contribution in [0.2, 0.25) is 0 Å². The molecule has 212 valence electrons. The minimum atomic E-state index is -4.21. The summed E-state index contributed by atoms with van der Waals surface area (Å²) in [6.45, 7) is 5.99. The number of aliphatic hydroxyl groups is 1. The summed E-state index contributed by atoms with van der Waals surface area (Å²) in [5, 5.41) is 13.6. The molecule has 0 bridgehead atoms. The van der Waals surface area contributed by atoms with E-state index >= 15 is 0 Å². The number of nitrogen functional groups attached to an aromatic ring is 2. The standard InChI is InChI=1S/C23H31ClN7O7P/c1-12(2)36-20(33)13(3)30-39(34,38-14-8-6-5-7-9-14)35-10-15-17(32)23(4,24)21(37-15)31-11-27-16-18(25)28-22(26)29-19(16)31/h5-9,11-13,15,17,21,32H,10H2,1-4H3,(H,30,34)(H4,25,26,28,29)/t13?,15-,17-,21-,23-,39?/m1/s1. The van der Waals surface area contributed by atoms with Crippen molar-refractivity contribution in [1.29, 1.82) is 0 Å². The Morgan fingerprint density at radius 2 is 1.97 bits per heavy atom. The Kier molecular flexibility index (Phi) is 8.36. The van der Waals surface area contributed by atoms with Crippen molar-refractivity contribution in [2.24, 2.45) is 0 Å². The number of rotatable bonds is 10. The van der Waals surface area contributed by atoms with Crippen LogP contribution in [0.4, 0.5) is 11.8 Å². The van der Waals surface area contributed by atoms with Crippen LogP contribution in [0.5, 0.6) is 5.75 Å². The van der Waals surface area contributed by atoms with Crippen LogP contribution in [0.25, 0.3) is 11.2 Å². The van der Waals surface area contributed by atoms with Crippen LogP contribution in [0.3, 0.4) is 0 Å². The Morgan fingerprint density at radius 3 is 2.64 bits per heavy atom. The van der Waals surface area contributed by atoms with Crippen LogP contribution in [-0.2, 0) is 23.4 Å². The van der Waals surface area contributed by atoms with E-state index in [1.807, 2.05) is 0 Å². The smallest absolute Gasteiger partial charge is 0.459 e. The van der Waals surface area contributed by atoms with Gasteiger partial charge in [-0.15, -0.1) is 11.6 Å². The fourth-order valence-corrected chi connectivity index (χ4v) is 5.78. The number of hydrogen-bond acceptors (Lipinski definition) is 12. The van der Waals surface area contributed by atoms with E-state index in [0.717, 1.165) is 0 Å². The van der Waals surface area contributed by atoms with E-state index in [1.165, 1.54) is 17.8 Å². The van der Waals surface area contributed by atoms with Crippen molar-refractivity contribution in [3.05, 3.63) is 36.7 Å². The zero-order chi connectivity index (χ0) is 28.5. The third-order valence-electron chi connectivity index (χ3n) is 5.87. The fraction of sp³-hybridized carbons (Fsp3) is 0.478. The van der Waals surface area contributed by atoms with Gasteiger partial charge in [-0.05, 0) is 39.8 Å². The summed E-state index contributed by atoms with van der Waals surface area (Å²) in [5.41, 5.74) is 12.2. The number of nitrogens with one attached hydrogen (secondary N) is 1. The van der Waals surface area contributed by atoms with Crippen molar-refractivity contribution in [2.75, 3.05) is 18.1 Å². The van der Waals surface area contributed by atoms with Gasteiger partial charge < -0.3 is 30.6 Å². The van der Waals surface area contributed by atoms with Crippen LogP contribution in [0.1, 0.15) is 33.9 Å². The molecule has 0 amide bonds. The average Bonchev–Trinajstić information content (AvgIpc) is 3.36. The van der Waals surface area contributed by atoms with Gasteiger partial charge in [-0.25, -0.2) is 9.55 Å². The van der Waals surface area contributed by atoms with E-state index in [1.54, 1.807) is 51.1 Å². The molecule has 16 heteroatoms. The lowest BCUT2D eigenvalue weighted by molar-refractivity contribution is -0.149. The van der Waals surface area contributed by atoms with E-state index in [4.69, 9.17) is 41.6 Å². The summed E-state index contributed by atoms with van der Waals surface area (Å²) in [6.07, 6.45) is -2.36. The molecule has 39 heavy (non-hydrogen) atoms. The number of nitrogens with zero attached hydrogens (tertiary/aromatic N) is 4. The second kappa shape index (κ2) is 11.2. The highest BCUT2D eigenvalue weighted by Crippen LogP contribution is 2.48. The maximum atomic E-state index is 13.8. The Labute approximate surface area is 229 Å². The molecule has 6 N–H and O–H groups in total. The van der Waals surface area contributed by atoms with Crippen LogP contribution in [0, 0.1) is 0 Å². The molecule has 14 nitrogen and oxygen atoms in total. The minimum Gasteiger partial charge on any atom is -0.462 e. The summed E-state index contributed by atoms with van der Waals surface area (Å²) in [6, 6.07) is 7.22. The Balaban J connectivity index is 1.55. The first-order valence-electron chi connectivity index (χ1n) is 12.1. The summed E-state index contributed by atoms with van der Waals surface area (Å²) < 4.78 is 37.8. The first-order valence-corrected chi connectivity index (χ1v) is 14.0. The highest BCUT2D eigenvalue weighted by molar-refractivity contribution is 7.52. The monoisotopic (exact) mass is 583 g/mol. The van der Waals surface area contributed by atoms with Gasteiger partial charge in [-0.1, -0.05) is 18.2 Å². The summed E-state index contributed by atoms with van der Waals surface area (Å²) in [7, 11) is -4.21. The molecular formula is C23H31ClN7O7P. The molecule has 0 radical (unpaired) electrons. The van der Waals surface area contributed by atoms with Crippen molar-refractivity contribution >= 4 is 48.2 Å². The number of nitrogens with two attached hydrogens (primary N) is 2. The van der Waals surface area contributed by atoms with Crippen LogP contribution in [0.15, 0.2) is 36.7 Å². The van der Waals surface area contributed by atoms with Crippen LogP contribution in [-0.4, -0.2) is 66.4 Å². The van der Waals surface area contributed by atoms with Gasteiger partial charge in [0.05, 0.1) is 19.0 Å². The SMILES string of the molecule is CC(C)OC(=O)C(C)NP(=O)(OC[C@H]1O[C@@H](n2cnc3c(N)nc(N)nc32)[C@](C)(Cl)[C@@H]1O)Oc1ccccc1. The number of para-hydroxylation sites is 1. The van der Waals surface area contributed by atoms with Gasteiger partial charge >= 0.3 is 13.7 Å². The number of aromatic nitrogens is 4. The summed E-state index contributed by atoms with van der Waals surface area (Å²) >= 11 is 6.74. The Bertz CT molecular complexity index is 1370. The highest BCUT2D eigenvalue weighted by atomic mass is 35.5. The number of benzene rings is 1. The number of aliphatic hydroxyl groups excluding tert-OH is 1. The molecule has 1 aliphatic rings. The molecule has 1 aliphatic heterocycles. The molecule has 6 atom stereocenters. The quantitative estimate of drug-likeness (QED) is 0.154. The molecule has 0 saturated carbocycles. The van der Waals surface area contributed by atoms with E-state index in [0.29, 0.717) is 0 Å². The third kappa shape index (κ3) is 6.26. The largest absolute Gasteiger partial charge is 0.462 e. The molecule has 1 saturated heterocycles. The maximum absolute atomic E-state index is 13.8. The highest BCUT2D eigenvalue weighted by Gasteiger charge is 2.54. The topological polar surface area (TPSA) is 199 Å². The molecule has 3 heterocycles. The van der Waals surface area contributed by atoms with Gasteiger partial charge in [0.2, 0.25) is 5.95 Å². The zero-order valence-corrected chi connectivity index (χ0v) is 23.4. The van der Waals surface area contributed by atoms with E-state index in [9.17, 15) is 14.5 Å². The van der Waals surface area contributed by atoms with Gasteiger partial charge in [0.15, 0.2) is 17.7 Å². The predicted octanol–water partition coefficient (Wildman–Crippen LogP) is 2.38. The number of esters is 1. The number of fused-ring (bicyclic) bond motifs is 1. The third-order valence-corrected chi connectivity index (χ3v) is 7.92. The molecule has 1 fully saturated rings. The van der Waals surface area contributed by atoms with Crippen molar-refractivity contribution in [3.8, 4) is 5.75 Å². The van der Waals surface area contributed by atoms with E-state index in [-0.39, 0.29) is 34.8 Å². The number of carbonyl (C=O) groups is 1. The lowest BCUT2D eigenvalue weighted by atomic mass is 10.0. The lowest BCUT2D eigenvalue weighted by Gasteiger charge is -2.26. The second-order valence-corrected chi connectivity index (χ2v) is 12.0. The molecular weight excluding hydrogens is 553 g/mol. The van der Waals surface area contributed by atoms with E-state index in [2.05, 4.69) is 20.0 Å². The number of carbonyl (C=O) groups excluding carboxylic acids is 1. The van der Waals surface area contributed by atoms with Crippen LogP contribution < -0.4 is 21.1 Å². The fourth-order valence-electron chi connectivity index (χ4n) is 3.98. The molecule has 2 unspecified atom stereocenters. The predicted molar refractivity (Wildman–Crippen MR) is 143 cm³/mol. The summed E-state index contributed by atoms with van der Waals surface area (Å²) in [4.78, 5) is 23.2. The van der Waals surface area contributed by atoms with Gasteiger partial charge in [-0.3, -0.25) is 13.9 Å². The van der Waals surface area contributed by atoms with Crippen molar-refractivity contribution in [3.63, 3.8) is 0 Å². The Hall–Kier alpha value is -3.00. The zero-order valence-electron chi connectivity index (χ0n) is 21.7. The van der Waals surface area contributed by atoms with Crippen molar-refractivity contribution in [2.45, 2.75) is 63.2 Å². The van der Waals surface area contributed by atoms with Gasteiger partial charge in [0, 0.05) is 0 Å². The number of hydrogen-bond donors (Lipinski definition) is 4.